The van der Waals surface area contributed by atoms with E-state index in [0.717, 1.165) is 5.56 Å². The van der Waals surface area contributed by atoms with E-state index in [1.54, 1.807) is 14.2 Å². The van der Waals surface area contributed by atoms with Crippen LogP contribution in [0.3, 0.4) is 0 Å². The van der Waals surface area contributed by atoms with Gasteiger partial charge in [-0.2, -0.15) is 0 Å². The van der Waals surface area contributed by atoms with E-state index in [-0.39, 0.29) is 24.1 Å². The van der Waals surface area contributed by atoms with Gasteiger partial charge in [0.25, 0.3) is 0 Å². The Bertz CT molecular complexity index is 759. The van der Waals surface area contributed by atoms with Crippen molar-refractivity contribution in [2.45, 2.75) is 19.9 Å². The third kappa shape index (κ3) is 4.93. The lowest BCUT2D eigenvalue weighted by atomic mass is 10.00. The molecule has 0 bridgehead atoms. The average molecular weight is 364 g/mol. The fourth-order valence-electron chi connectivity index (χ4n) is 2.28. The van der Waals surface area contributed by atoms with Gasteiger partial charge in [0.05, 0.1) is 20.8 Å². The molecule has 1 unspecified atom stereocenters. The highest BCUT2D eigenvalue weighted by Gasteiger charge is 2.16. The number of aromatic carboxylic acids is 1. The van der Waals surface area contributed by atoms with Crippen molar-refractivity contribution in [2.75, 3.05) is 14.2 Å². The van der Waals surface area contributed by atoms with Crippen LogP contribution < -0.4 is 14.8 Å². The van der Waals surface area contributed by atoms with Crippen LogP contribution in [-0.2, 0) is 17.8 Å². The number of nitrogens with one attached hydrogen (secondary N) is 1. The molecule has 2 aromatic rings. The predicted octanol–water partition coefficient (Wildman–Crippen LogP) is 2.35. The summed E-state index contributed by atoms with van der Waals surface area (Å²) < 4.78 is 10.5. The summed E-state index contributed by atoms with van der Waals surface area (Å²) in [6.07, 6.45) is 0.546. The van der Waals surface area contributed by atoms with Gasteiger partial charge in [0, 0.05) is 11.3 Å². The lowest BCUT2D eigenvalue weighted by molar-refractivity contribution is -0.124. The topological polar surface area (TPSA) is 97.8 Å². The molecule has 0 aliphatic heterocycles. The number of methoxy groups -OCH3 is 2. The smallest absolute Gasteiger partial charge is 0.355 e. The summed E-state index contributed by atoms with van der Waals surface area (Å²) in [6.45, 7) is 2.05. The molecule has 0 aliphatic rings. The second-order valence-corrected chi connectivity index (χ2v) is 6.39. The Morgan fingerprint density at radius 1 is 1.28 bits per heavy atom. The Hall–Kier alpha value is -2.61. The Kier molecular flexibility index (Phi) is 6.35. The number of carboxylic acids is 1. The van der Waals surface area contributed by atoms with Crippen molar-refractivity contribution in [3.63, 3.8) is 0 Å². The van der Waals surface area contributed by atoms with Gasteiger partial charge >= 0.3 is 5.97 Å². The van der Waals surface area contributed by atoms with Crippen molar-refractivity contribution in [2.24, 2.45) is 5.92 Å². The maximum Gasteiger partial charge on any atom is 0.355 e. The number of carbonyl (C=O) groups is 2. The molecule has 1 amide bonds. The van der Waals surface area contributed by atoms with Crippen molar-refractivity contribution in [1.82, 2.24) is 10.3 Å². The summed E-state index contributed by atoms with van der Waals surface area (Å²) in [7, 11) is 3.14. The van der Waals surface area contributed by atoms with Gasteiger partial charge in [-0.25, -0.2) is 9.78 Å². The molecule has 2 rings (SSSR count). The van der Waals surface area contributed by atoms with Crippen LogP contribution in [-0.4, -0.2) is 36.2 Å². The molecule has 0 saturated carbocycles. The first-order valence-electron chi connectivity index (χ1n) is 7.61. The Morgan fingerprint density at radius 2 is 2.00 bits per heavy atom. The fourth-order valence-corrected chi connectivity index (χ4v) is 2.99. The predicted molar refractivity (Wildman–Crippen MR) is 93.3 cm³/mol. The fraction of sp³-hybridized carbons (Fsp3) is 0.353. The summed E-state index contributed by atoms with van der Waals surface area (Å²) in [5, 5.41) is 13.6. The van der Waals surface area contributed by atoms with Crippen LogP contribution in [0.4, 0.5) is 0 Å². The summed E-state index contributed by atoms with van der Waals surface area (Å²) >= 11 is 1.21. The molecular weight excluding hydrogens is 344 g/mol. The van der Waals surface area contributed by atoms with E-state index in [4.69, 9.17) is 14.6 Å². The van der Waals surface area contributed by atoms with Crippen LogP contribution in [0, 0.1) is 5.92 Å². The Morgan fingerprint density at radius 3 is 2.60 bits per heavy atom. The highest BCUT2D eigenvalue weighted by Crippen LogP contribution is 2.28. The second-order valence-electron chi connectivity index (χ2n) is 5.44. The van der Waals surface area contributed by atoms with Gasteiger partial charge in [0.15, 0.2) is 17.2 Å². The number of benzene rings is 1. The van der Waals surface area contributed by atoms with E-state index in [1.807, 2.05) is 25.1 Å². The molecule has 1 aromatic heterocycles. The summed E-state index contributed by atoms with van der Waals surface area (Å²) in [4.78, 5) is 27.0. The van der Waals surface area contributed by atoms with E-state index < -0.39 is 5.97 Å². The zero-order chi connectivity index (χ0) is 18.4. The molecule has 0 radical (unpaired) electrons. The van der Waals surface area contributed by atoms with Crippen molar-refractivity contribution >= 4 is 23.2 Å². The second kappa shape index (κ2) is 8.48. The largest absolute Gasteiger partial charge is 0.493 e. The number of hydrogen-bond donors (Lipinski definition) is 2. The number of rotatable bonds is 8. The van der Waals surface area contributed by atoms with Crippen LogP contribution in [0.1, 0.15) is 28.0 Å². The van der Waals surface area contributed by atoms with Gasteiger partial charge in [0.2, 0.25) is 5.91 Å². The summed E-state index contributed by atoms with van der Waals surface area (Å²) in [5.41, 5.74) is 0.954. The average Bonchev–Trinajstić information content (AvgIpc) is 3.08. The number of hydrogen-bond acceptors (Lipinski definition) is 6. The van der Waals surface area contributed by atoms with Gasteiger partial charge in [-0.15, -0.1) is 11.3 Å². The molecule has 2 N–H and O–H groups in total. The molecule has 134 valence electrons. The number of carbonyl (C=O) groups excluding carboxylic acids is 1. The molecule has 0 fully saturated rings. The van der Waals surface area contributed by atoms with Gasteiger partial charge < -0.3 is 19.9 Å². The first-order valence-corrected chi connectivity index (χ1v) is 8.48. The van der Waals surface area contributed by atoms with E-state index >= 15 is 0 Å². The van der Waals surface area contributed by atoms with E-state index in [1.165, 1.54) is 16.7 Å². The monoisotopic (exact) mass is 364 g/mol. The van der Waals surface area contributed by atoms with Crippen molar-refractivity contribution < 1.29 is 24.2 Å². The number of thiazole rings is 1. The number of carboxylic acid groups (broad SMARTS) is 1. The maximum atomic E-state index is 12.2. The van der Waals surface area contributed by atoms with Gasteiger partial charge in [0.1, 0.15) is 5.01 Å². The van der Waals surface area contributed by atoms with E-state index in [0.29, 0.717) is 22.9 Å². The number of amides is 1. The number of aromatic nitrogens is 1. The molecule has 0 saturated heterocycles. The van der Waals surface area contributed by atoms with Crippen LogP contribution >= 0.6 is 11.3 Å². The molecule has 1 atom stereocenters. The third-order valence-electron chi connectivity index (χ3n) is 3.62. The van der Waals surface area contributed by atoms with Gasteiger partial charge in [-0.3, -0.25) is 4.79 Å². The molecule has 25 heavy (non-hydrogen) atoms. The van der Waals surface area contributed by atoms with Crippen LogP contribution in [0.5, 0.6) is 11.5 Å². The highest BCUT2D eigenvalue weighted by atomic mass is 32.1. The lowest BCUT2D eigenvalue weighted by Crippen LogP contribution is -2.29. The van der Waals surface area contributed by atoms with E-state index in [2.05, 4.69) is 10.3 Å². The Labute approximate surface area is 149 Å². The van der Waals surface area contributed by atoms with Crippen molar-refractivity contribution in [1.29, 1.82) is 0 Å². The minimum absolute atomic E-state index is 0.00683. The highest BCUT2D eigenvalue weighted by molar-refractivity contribution is 7.09. The standard InChI is InChI=1S/C17H20N2O5S/c1-10(6-11-4-5-13(23-2)14(7-11)24-3)16(20)18-8-15-19-12(9-25-15)17(21)22/h4-5,7,9-10H,6,8H2,1-3H3,(H,18,20)(H,21,22). The molecule has 7 nitrogen and oxygen atoms in total. The molecular formula is C17H20N2O5S. The zero-order valence-corrected chi connectivity index (χ0v) is 15.1. The Balaban J connectivity index is 1.92. The zero-order valence-electron chi connectivity index (χ0n) is 14.2. The molecule has 1 aromatic carbocycles. The van der Waals surface area contributed by atoms with E-state index in [9.17, 15) is 9.59 Å². The van der Waals surface area contributed by atoms with Crippen LogP contribution in [0.25, 0.3) is 0 Å². The van der Waals surface area contributed by atoms with Crippen LogP contribution in [0.2, 0.25) is 0 Å². The summed E-state index contributed by atoms with van der Waals surface area (Å²) in [6, 6.07) is 5.55. The summed E-state index contributed by atoms with van der Waals surface area (Å²) in [5.74, 6) is -0.188. The third-order valence-corrected chi connectivity index (χ3v) is 4.47. The maximum absolute atomic E-state index is 12.2. The van der Waals surface area contributed by atoms with Crippen molar-refractivity contribution in [3.05, 3.63) is 39.8 Å². The molecule has 8 heteroatoms. The lowest BCUT2D eigenvalue weighted by Gasteiger charge is -2.13. The number of ether oxygens (including phenoxy) is 2. The molecule has 1 heterocycles. The quantitative estimate of drug-likeness (QED) is 0.746. The molecule has 0 aliphatic carbocycles. The van der Waals surface area contributed by atoms with Crippen molar-refractivity contribution in [3.8, 4) is 11.5 Å². The van der Waals surface area contributed by atoms with Gasteiger partial charge in [-0.1, -0.05) is 13.0 Å². The first kappa shape index (κ1) is 18.7. The minimum atomic E-state index is -1.07. The van der Waals surface area contributed by atoms with Crippen LogP contribution in [0.15, 0.2) is 23.6 Å². The first-order chi connectivity index (χ1) is 11.9. The minimum Gasteiger partial charge on any atom is -0.493 e. The SMILES string of the molecule is COc1ccc(CC(C)C(=O)NCc2nc(C(=O)O)cs2)cc1OC. The normalized spacial score (nSPS) is 11.6. The number of nitrogens with zero attached hydrogens (tertiary/aromatic N) is 1. The molecule has 0 spiro atoms. The van der Waals surface area contributed by atoms with Gasteiger partial charge in [-0.05, 0) is 24.1 Å².